The number of hydrogen-bond acceptors (Lipinski definition) is 2. The summed E-state index contributed by atoms with van der Waals surface area (Å²) in [5.74, 6) is 0. The Labute approximate surface area is 99.4 Å². The first-order valence-electron chi connectivity index (χ1n) is 5.37. The first-order valence-corrected chi connectivity index (χ1v) is 6.18. The van der Waals surface area contributed by atoms with Crippen LogP contribution in [0.1, 0.15) is 11.7 Å². The summed E-state index contributed by atoms with van der Waals surface area (Å²) in [6.07, 6.45) is 0.326. The zero-order chi connectivity index (χ0) is 10.8. The third-order valence-corrected chi connectivity index (χ3v) is 3.67. The van der Waals surface area contributed by atoms with Crippen LogP contribution in [0.15, 0.2) is 64.4 Å². The highest BCUT2D eigenvalue weighted by Gasteiger charge is 2.27. The Hall–Kier alpha value is -1.25. The second-order valence-corrected chi connectivity index (χ2v) is 4.89. The Morgan fingerprint density at radius 1 is 0.938 bits per heavy atom. The Morgan fingerprint density at radius 3 is 2.38 bits per heavy atom. The maximum atomic E-state index is 5.36. The normalized spacial score (nSPS) is 18.4. The molecule has 2 aromatic carbocycles. The summed E-state index contributed by atoms with van der Waals surface area (Å²) < 4.78 is 5.36. The zero-order valence-corrected chi connectivity index (χ0v) is 9.61. The molecule has 0 spiro atoms. The van der Waals surface area contributed by atoms with Gasteiger partial charge in [0.2, 0.25) is 0 Å². The van der Waals surface area contributed by atoms with Crippen molar-refractivity contribution in [2.45, 2.75) is 15.9 Å². The van der Waals surface area contributed by atoms with Gasteiger partial charge in [0.25, 0.3) is 0 Å². The summed E-state index contributed by atoms with van der Waals surface area (Å²) >= 11 is 1.80. The van der Waals surface area contributed by atoms with E-state index in [4.69, 9.17) is 4.74 Å². The van der Waals surface area contributed by atoms with Crippen LogP contribution in [0.25, 0.3) is 0 Å². The van der Waals surface area contributed by atoms with E-state index in [1.54, 1.807) is 11.8 Å². The molecule has 0 amide bonds. The number of ether oxygens (including phenoxy) is 1. The average Bonchev–Trinajstić information content (AvgIpc) is 3.15. The van der Waals surface area contributed by atoms with Crippen LogP contribution < -0.4 is 0 Å². The molecule has 1 unspecified atom stereocenters. The third kappa shape index (κ3) is 2.13. The fourth-order valence-electron chi connectivity index (χ4n) is 1.68. The molecule has 1 fully saturated rings. The zero-order valence-electron chi connectivity index (χ0n) is 8.80. The number of hydrogen-bond donors (Lipinski definition) is 0. The van der Waals surface area contributed by atoms with E-state index in [9.17, 15) is 0 Å². The van der Waals surface area contributed by atoms with Crippen LogP contribution in [0.2, 0.25) is 0 Å². The van der Waals surface area contributed by atoms with Crippen molar-refractivity contribution in [2.24, 2.45) is 0 Å². The second-order valence-electron chi connectivity index (χ2n) is 3.77. The summed E-state index contributed by atoms with van der Waals surface area (Å²) in [4.78, 5) is 2.58. The molecule has 2 heteroatoms. The molecule has 80 valence electrons. The van der Waals surface area contributed by atoms with Crippen molar-refractivity contribution in [3.8, 4) is 0 Å². The van der Waals surface area contributed by atoms with E-state index < -0.39 is 0 Å². The lowest BCUT2D eigenvalue weighted by atomic mass is 10.2. The summed E-state index contributed by atoms with van der Waals surface area (Å²) in [5, 5.41) is 0. The molecular formula is C14H12OS. The van der Waals surface area contributed by atoms with Crippen LogP contribution in [0.5, 0.6) is 0 Å². The standard InChI is InChI=1S/C14H12OS/c1-2-6-11(7-3-1)16-14-9-5-4-8-12(14)13-10-15-13/h1-9,13H,10H2. The quantitative estimate of drug-likeness (QED) is 0.738. The molecule has 1 saturated heterocycles. The van der Waals surface area contributed by atoms with Gasteiger partial charge < -0.3 is 4.74 Å². The van der Waals surface area contributed by atoms with Crippen LogP contribution in [0.3, 0.4) is 0 Å². The summed E-state index contributed by atoms with van der Waals surface area (Å²) in [6, 6.07) is 18.9. The molecule has 3 rings (SSSR count). The third-order valence-electron chi connectivity index (χ3n) is 2.57. The molecule has 1 atom stereocenters. The second kappa shape index (κ2) is 4.32. The van der Waals surface area contributed by atoms with E-state index in [0.717, 1.165) is 6.61 Å². The van der Waals surface area contributed by atoms with Gasteiger partial charge in [-0.05, 0) is 23.8 Å². The van der Waals surface area contributed by atoms with Crippen molar-refractivity contribution in [1.29, 1.82) is 0 Å². The van der Waals surface area contributed by atoms with E-state index in [1.165, 1.54) is 15.4 Å². The van der Waals surface area contributed by atoms with Gasteiger partial charge in [0.05, 0.1) is 6.61 Å². The van der Waals surface area contributed by atoms with Gasteiger partial charge in [0.1, 0.15) is 6.10 Å². The van der Waals surface area contributed by atoms with E-state index in [1.807, 2.05) is 6.07 Å². The highest BCUT2D eigenvalue weighted by molar-refractivity contribution is 7.99. The van der Waals surface area contributed by atoms with Crippen molar-refractivity contribution in [3.05, 3.63) is 60.2 Å². The molecule has 16 heavy (non-hydrogen) atoms. The Morgan fingerprint density at radius 2 is 1.62 bits per heavy atom. The van der Waals surface area contributed by atoms with Crippen molar-refractivity contribution < 1.29 is 4.74 Å². The first kappa shape index (κ1) is 9.94. The SMILES string of the molecule is c1ccc(Sc2ccccc2C2CO2)cc1. The predicted octanol–water partition coefficient (Wildman–Crippen LogP) is 3.91. The van der Waals surface area contributed by atoms with Crippen molar-refractivity contribution in [2.75, 3.05) is 6.61 Å². The first-order chi connectivity index (χ1) is 7.93. The molecule has 0 aromatic heterocycles. The van der Waals surface area contributed by atoms with Crippen molar-refractivity contribution in [1.82, 2.24) is 0 Å². The minimum absolute atomic E-state index is 0.326. The van der Waals surface area contributed by atoms with Gasteiger partial charge in [-0.3, -0.25) is 0 Å². The summed E-state index contributed by atoms with van der Waals surface area (Å²) in [6.45, 7) is 0.867. The molecular weight excluding hydrogens is 216 g/mol. The van der Waals surface area contributed by atoms with Gasteiger partial charge in [-0.1, -0.05) is 48.2 Å². The van der Waals surface area contributed by atoms with Crippen molar-refractivity contribution in [3.63, 3.8) is 0 Å². The van der Waals surface area contributed by atoms with E-state index >= 15 is 0 Å². The lowest BCUT2D eigenvalue weighted by Gasteiger charge is -2.06. The number of epoxide rings is 1. The minimum atomic E-state index is 0.326. The molecule has 1 heterocycles. The summed E-state index contributed by atoms with van der Waals surface area (Å²) in [5.41, 5.74) is 1.32. The van der Waals surface area contributed by atoms with E-state index in [2.05, 4.69) is 48.5 Å². The number of rotatable bonds is 3. The highest BCUT2D eigenvalue weighted by Crippen LogP contribution is 2.39. The molecule has 0 aliphatic carbocycles. The topological polar surface area (TPSA) is 12.5 Å². The van der Waals surface area contributed by atoms with Gasteiger partial charge in [-0.2, -0.15) is 0 Å². The lowest BCUT2D eigenvalue weighted by molar-refractivity contribution is 0.413. The fraction of sp³-hybridized carbons (Fsp3) is 0.143. The Bertz CT molecular complexity index is 477. The monoisotopic (exact) mass is 228 g/mol. The smallest absolute Gasteiger partial charge is 0.107 e. The molecule has 0 radical (unpaired) electrons. The van der Waals surface area contributed by atoms with Crippen LogP contribution in [-0.4, -0.2) is 6.61 Å². The Kier molecular flexibility index (Phi) is 2.68. The lowest BCUT2D eigenvalue weighted by Crippen LogP contribution is -1.84. The van der Waals surface area contributed by atoms with Gasteiger partial charge in [-0.25, -0.2) is 0 Å². The largest absolute Gasteiger partial charge is 0.368 e. The van der Waals surface area contributed by atoms with Crippen molar-refractivity contribution >= 4 is 11.8 Å². The van der Waals surface area contributed by atoms with E-state index in [-0.39, 0.29) is 0 Å². The van der Waals surface area contributed by atoms with Crippen LogP contribution >= 0.6 is 11.8 Å². The average molecular weight is 228 g/mol. The van der Waals surface area contributed by atoms with Gasteiger partial charge in [0.15, 0.2) is 0 Å². The molecule has 1 nitrogen and oxygen atoms in total. The molecule has 0 bridgehead atoms. The van der Waals surface area contributed by atoms with Gasteiger partial charge >= 0.3 is 0 Å². The predicted molar refractivity (Wildman–Crippen MR) is 65.7 cm³/mol. The minimum Gasteiger partial charge on any atom is -0.368 e. The highest BCUT2D eigenvalue weighted by atomic mass is 32.2. The maximum absolute atomic E-state index is 5.36. The van der Waals surface area contributed by atoms with Crippen LogP contribution in [0.4, 0.5) is 0 Å². The molecule has 1 aliphatic rings. The molecule has 0 saturated carbocycles. The molecule has 0 N–H and O–H groups in total. The van der Waals surface area contributed by atoms with Crippen LogP contribution in [-0.2, 0) is 4.74 Å². The molecule has 1 aliphatic heterocycles. The van der Waals surface area contributed by atoms with E-state index in [0.29, 0.717) is 6.10 Å². The fourth-order valence-corrected chi connectivity index (χ4v) is 2.69. The molecule has 2 aromatic rings. The van der Waals surface area contributed by atoms with Crippen LogP contribution in [0, 0.1) is 0 Å². The van der Waals surface area contributed by atoms with Gasteiger partial charge in [0, 0.05) is 9.79 Å². The van der Waals surface area contributed by atoms with Gasteiger partial charge in [-0.15, -0.1) is 0 Å². The number of benzene rings is 2. The summed E-state index contributed by atoms with van der Waals surface area (Å²) in [7, 11) is 0. The Balaban J connectivity index is 1.89. The maximum Gasteiger partial charge on any atom is 0.107 e.